The molecule has 0 bridgehead atoms. The number of carbonyl (C=O) groups excluding carboxylic acids is 1. The van der Waals surface area contributed by atoms with Crippen LogP contribution in [0.25, 0.3) is 0 Å². The van der Waals surface area contributed by atoms with Gasteiger partial charge in [0.05, 0.1) is 17.2 Å². The monoisotopic (exact) mass is 269 g/mol. The number of hydrogen-bond donors (Lipinski definition) is 0. The number of aromatic nitrogens is 1. The molecule has 0 radical (unpaired) electrons. The summed E-state index contributed by atoms with van der Waals surface area (Å²) in [6.45, 7) is 2.46. The van der Waals surface area contributed by atoms with Gasteiger partial charge in [0.2, 0.25) is 11.9 Å². The van der Waals surface area contributed by atoms with E-state index in [1.807, 2.05) is 12.3 Å². The summed E-state index contributed by atoms with van der Waals surface area (Å²) >= 11 is 1.58. The fourth-order valence-electron chi connectivity index (χ4n) is 1.87. The van der Waals surface area contributed by atoms with Crippen LogP contribution in [0.4, 0.5) is 0 Å². The Labute approximate surface area is 109 Å². The van der Waals surface area contributed by atoms with Crippen molar-refractivity contribution in [2.75, 3.05) is 7.05 Å². The molecule has 1 heterocycles. The van der Waals surface area contributed by atoms with Crippen LogP contribution in [0.2, 0.25) is 0 Å². The smallest absolute Gasteiger partial charge is 0.233 e. The van der Waals surface area contributed by atoms with Gasteiger partial charge in [-0.25, -0.2) is 4.98 Å². The first kappa shape index (κ1) is 12.9. The minimum Gasteiger partial charge on any atom is -0.339 e. The Morgan fingerprint density at radius 3 is 2.94 bits per heavy atom. The van der Waals surface area contributed by atoms with Crippen LogP contribution in [0, 0.1) is 16.0 Å². The highest BCUT2D eigenvalue weighted by Gasteiger charge is 2.54. The predicted octanol–water partition coefficient (Wildman–Crippen LogP) is 1.33. The molecule has 1 aliphatic carbocycles. The summed E-state index contributed by atoms with van der Waals surface area (Å²) in [4.78, 5) is 28.0. The normalized spacial score (nSPS) is 21.7. The molecule has 0 N–H and O–H groups in total. The van der Waals surface area contributed by atoms with Crippen molar-refractivity contribution in [1.29, 1.82) is 0 Å². The van der Waals surface area contributed by atoms with Crippen molar-refractivity contribution >= 4 is 17.2 Å². The molecule has 0 spiro atoms. The van der Waals surface area contributed by atoms with Gasteiger partial charge < -0.3 is 4.90 Å². The fourth-order valence-corrected chi connectivity index (χ4v) is 2.60. The van der Waals surface area contributed by atoms with Gasteiger partial charge in [-0.2, -0.15) is 0 Å². The van der Waals surface area contributed by atoms with Crippen LogP contribution < -0.4 is 0 Å². The predicted molar refractivity (Wildman–Crippen MR) is 66.9 cm³/mol. The average molecular weight is 269 g/mol. The van der Waals surface area contributed by atoms with Crippen molar-refractivity contribution in [3.8, 4) is 0 Å². The Bertz CT molecular complexity index is 474. The van der Waals surface area contributed by atoms with E-state index < -0.39 is 12.0 Å². The quantitative estimate of drug-likeness (QED) is 0.597. The molecule has 98 valence electrons. The summed E-state index contributed by atoms with van der Waals surface area (Å²) in [7, 11) is 1.67. The fraction of sp³-hybridized carbons (Fsp3) is 0.636. The van der Waals surface area contributed by atoms with Gasteiger partial charge in [0.15, 0.2) is 0 Å². The third kappa shape index (κ3) is 2.66. The highest BCUT2D eigenvalue weighted by molar-refractivity contribution is 7.09. The molecular formula is C11H15N3O3S. The second kappa shape index (κ2) is 5.01. The zero-order valence-corrected chi connectivity index (χ0v) is 11.1. The number of amides is 1. The highest BCUT2D eigenvalue weighted by atomic mass is 32.1. The van der Waals surface area contributed by atoms with Crippen LogP contribution >= 0.6 is 11.3 Å². The molecule has 1 aliphatic rings. The first-order valence-corrected chi connectivity index (χ1v) is 6.72. The standard InChI is InChI=1S/C11H15N3O3S/c1-3-10-12-7(6-18-10)5-13(2)11(15)8-4-9(8)14(16)17/h6,8-9H,3-5H2,1-2H3/t8-,9+/m0/s1. The number of nitrogens with zero attached hydrogens (tertiary/aromatic N) is 3. The van der Waals surface area contributed by atoms with Gasteiger partial charge in [-0.05, 0) is 6.42 Å². The molecule has 1 aromatic rings. The van der Waals surface area contributed by atoms with Gasteiger partial charge in [-0.1, -0.05) is 6.92 Å². The molecule has 18 heavy (non-hydrogen) atoms. The van der Waals surface area contributed by atoms with Gasteiger partial charge in [-0.15, -0.1) is 11.3 Å². The average Bonchev–Trinajstić information content (AvgIpc) is 3.02. The summed E-state index contributed by atoms with van der Waals surface area (Å²) in [5.41, 5.74) is 0.853. The first-order valence-electron chi connectivity index (χ1n) is 5.84. The van der Waals surface area contributed by atoms with E-state index in [0.717, 1.165) is 17.1 Å². The second-order valence-corrected chi connectivity index (χ2v) is 5.42. The van der Waals surface area contributed by atoms with Crippen LogP contribution in [0.1, 0.15) is 24.0 Å². The third-order valence-electron chi connectivity index (χ3n) is 3.02. The lowest BCUT2D eigenvalue weighted by molar-refractivity contribution is -0.497. The molecule has 1 aromatic heterocycles. The van der Waals surface area contributed by atoms with Gasteiger partial charge in [-0.3, -0.25) is 14.9 Å². The molecule has 2 rings (SSSR count). The lowest BCUT2D eigenvalue weighted by Gasteiger charge is -2.14. The molecule has 1 fully saturated rings. The number of rotatable bonds is 5. The van der Waals surface area contributed by atoms with Crippen LogP contribution in [-0.2, 0) is 17.8 Å². The summed E-state index contributed by atoms with van der Waals surface area (Å²) in [6, 6.07) is -0.679. The van der Waals surface area contributed by atoms with Gasteiger partial charge in [0.1, 0.15) is 5.92 Å². The van der Waals surface area contributed by atoms with Crippen molar-refractivity contribution in [3.05, 3.63) is 26.2 Å². The van der Waals surface area contributed by atoms with Crippen molar-refractivity contribution in [2.45, 2.75) is 32.4 Å². The first-order chi connectivity index (χ1) is 8.52. The van der Waals surface area contributed by atoms with Gasteiger partial charge in [0, 0.05) is 23.8 Å². The molecule has 7 heteroatoms. The van der Waals surface area contributed by atoms with Gasteiger partial charge >= 0.3 is 0 Å². The number of aryl methyl sites for hydroxylation is 1. The van der Waals surface area contributed by atoms with Crippen LogP contribution in [0.3, 0.4) is 0 Å². The molecule has 0 aliphatic heterocycles. The van der Waals surface area contributed by atoms with Crippen LogP contribution in [0.5, 0.6) is 0 Å². The molecule has 0 saturated heterocycles. The zero-order valence-electron chi connectivity index (χ0n) is 10.3. The van der Waals surface area contributed by atoms with E-state index >= 15 is 0 Å². The van der Waals surface area contributed by atoms with Crippen molar-refractivity contribution < 1.29 is 9.72 Å². The number of thiazole rings is 1. The van der Waals surface area contributed by atoms with Crippen molar-refractivity contribution in [3.63, 3.8) is 0 Å². The highest BCUT2D eigenvalue weighted by Crippen LogP contribution is 2.34. The molecule has 2 atom stereocenters. The number of nitro groups is 1. The Balaban J connectivity index is 1.90. The maximum absolute atomic E-state index is 11.9. The Kier molecular flexibility index (Phi) is 3.60. The lowest BCUT2D eigenvalue weighted by Crippen LogP contribution is -2.29. The Hall–Kier alpha value is -1.50. The summed E-state index contributed by atoms with van der Waals surface area (Å²) in [5.74, 6) is -0.586. The summed E-state index contributed by atoms with van der Waals surface area (Å²) < 4.78 is 0. The summed E-state index contributed by atoms with van der Waals surface area (Å²) in [6.07, 6.45) is 1.25. The van der Waals surface area contributed by atoms with Crippen LogP contribution in [0.15, 0.2) is 5.38 Å². The Morgan fingerprint density at radius 2 is 2.44 bits per heavy atom. The SMILES string of the molecule is CCc1nc(CN(C)C(=O)[C@H]2C[C@H]2[N+](=O)[O-])cs1. The zero-order chi connectivity index (χ0) is 13.3. The molecule has 1 saturated carbocycles. The topological polar surface area (TPSA) is 76.3 Å². The molecule has 1 amide bonds. The lowest BCUT2D eigenvalue weighted by atomic mass is 10.3. The second-order valence-electron chi connectivity index (χ2n) is 4.48. The number of carbonyl (C=O) groups is 1. The number of hydrogen-bond acceptors (Lipinski definition) is 5. The minimum atomic E-state index is -0.679. The molecular weight excluding hydrogens is 254 g/mol. The van der Waals surface area contributed by atoms with Crippen molar-refractivity contribution in [2.24, 2.45) is 5.92 Å². The van der Waals surface area contributed by atoms with E-state index in [1.165, 1.54) is 4.90 Å². The van der Waals surface area contributed by atoms with E-state index in [-0.39, 0.29) is 10.8 Å². The summed E-state index contributed by atoms with van der Waals surface area (Å²) in [5, 5.41) is 13.5. The van der Waals surface area contributed by atoms with Crippen molar-refractivity contribution in [1.82, 2.24) is 9.88 Å². The largest absolute Gasteiger partial charge is 0.339 e. The Morgan fingerprint density at radius 1 is 1.72 bits per heavy atom. The van der Waals surface area contributed by atoms with E-state index in [2.05, 4.69) is 4.98 Å². The van der Waals surface area contributed by atoms with Gasteiger partial charge in [0.25, 0.3) is 0 Å². The molecule has 0 unspecified atom stereocenters. The van der Waals surface area contributed by atoms with E-state index in [0.29, 0.717) is 13.0 Å². The van der Waals surface area contributed by atoms with E-state index in [1.54, 1.807) is 18.4 Å². The van der Waals surface area contributed by atoms with E-state index in [9.17, 15) is 14.9 Å². The maximum atomic E-state index is 11.9. The molecule has 0 aromatic carbocycles. The molecule has 6 nitrogen and oxygen atoms in total. The van der Waals surface area contributed by atoms with E-state index in [4.69, 9.17) is 0 Å². The third-order valence-corrected chi connectivity index (χ3v) is 4.06. The van der Waals surface area contributed by atoms with Crippen LogP contribution in [-0.4, -0.2) is 33.8 Å². The minimum absolute atomic E-state index is 0.150. The maximum Gasteiger partial charge on any atom is 0.233 e.